The third-order valence-corrected chi connectivity index (χ3v) is 21.4. The van der Waals surface area contributed by atoms with E-state index in [2.05, 4.69) is 20.8 Å². The van der Waals surface area contributed by atoms with E-state index in [1.165, 1.54) is 193 Å². The molecule has 0 amide bonds. The molecule has 2 saturated heterocycles. The van der Waals surface area contributed by atoms with Crippen molar-refractivity contribution in [3.8, 4) is 0 Å². The van der Waals surface area contributed by atoms with Crippen LogP contribution in [0.5, 0.6) is 0 Å². The summed E-state index contributed by atoms with van der Waals surface area (Å²) in [5, 5.41) is 110. The molecule has 24 nitrogen and oxygen atoms in total. The van der Waals surface area contributed by atoms with Gasteiger partial charge in [0.1, 0.15) is 98.7 Å². The lowest BCUT2D eigenvalue weighted by Crippen LogP contribution is -2.69. The molecule has 0 radical (unpaired) electrons. The van der Waals surface area contributed by atoms with Crippen molar-refractivity contribution in [2.75, 3.05) is 26.4 Å². The van der Waals surface area contributed by atoms with E-state index in [0.717, 1.165) is 89.9 Å². The summed E-state index contributed by atoms with van der Waals surface area (Å²) in [6, 6.07) is 0. The zero-order chi connectivity index (χ0) is 74.6. The first-order valence-electron chi connectivity index (χ1n) is 40.8. The van der Waals surface area contributed by atoms with Crippen molar-refractivity contribution in [1.82, 2.24) is 0 Å². The number of carbonyl (C=O) groups is 3. The molecule has 25 heteroatoms. The van der Waals surface area contributed by atoms with Crippen LogP contribution in [0.15, 0.2) is 0 Å². The molecule has 0 bridgehead atoms. The number of hydrogen-bond donors (Lipinski definition) is 11. The summed E-state index contributed by atoms with van der Waals surface area (Å²) >= 11 is 0. The molecule has 0 aromatic heterocycles. The topological polar surface area (TPSA) is 374 Å². The molecule has 3 fully saturated rings. The minimum absolute atomic E-state index is 0.0324. The zero-order valence-electron chi connectivity index (χ0n) is 63.2. The lowest BCUT2D eigenvalue weighted by Gasteiger charge is -2.49. The molecule has 1 aliphatic carbocycles. The average Bonchev–Trinajstić information content (AvgIpc) is 0.762. The predicted molar refractivity (Wildman–Crippen MR) is 389 cm³/mol. The van der Waals surface area contributed by atoms with E-state index >= 15 is 0 Å². The normalized spacial score (nSPS) is 27.0. The Kier molecular flexibility index (Phi) is 54.4. The Bertz CT molecular complexity index is 2100. The van der Waals surface area contributed by atoms with Crippen LogP contribution >= 0.6 is 7.82 Å². The number of unbranched alkanes of at least 4 members (excludes halogenated alkanes) is 44. The van der Waals surface area contributed by atoms with Crippen LogP contribution in [0.25, 0.3) is 0 Å². The van der Waals surface area contributed by atoms with Crippen molar-refractivity contribution in [2.45, 2.75) is 446 Å². The third kappa shape index (κ3) is 41.0. The monoisotopic (exact) mass is 1480 g/mol. The molecule has 102 heavy (non-hydrogen) atoms. The highest BCUT2D eigenvalue weighted by atomic mass is 31.2. The molecule has 3 rings (SSSR count). The van der Waals surface area contributed by atoms with Crippen molar-refractivity contribution >= 4 is 25.7 Å². The van der Waals surface area contributed by atoms with Gasteiger partial charge in [-0.05, 0) is 19.3 Å². The first-order chi connectivity index (χ1) is 49.3. The lowest BCUT2D eigenvalue weighted by molar-refractivity contribution is -0.360. The highest BCUT2D eigenvalue weighted by Gasteiger charge is 2.58. The van der Waals surface area contributed by atoms with Crippen LogP contribution in [0.4, 0.5) is 0 Å². The van der Waals surface area contributed by atoms with Gasteiger partial charge in [-0.15, -0.1) is 0 Å². The van der Waals surface area contributed by atoms with Crippen LogP contribution in [0, 0.1) is 0 Å². The lowest BCUT2D eigenvalue weighted by atomic mass is 9.84. The predicted octanol–water partition coefficient (Wildman–Crippen LogP) is 12.5. The molecule has 18 unspecified atom stereocenters. The minimum Gasteiger partial charge on any atom is -0.463 e. The van der Waals surface area contributed by atoms with E-state index in [-0.39, 0.29) is 19.3 Å². The molecule has 0 aromatic rings. The van der Waals surface area contributed by atoms with Crippen LogP contribution in [-0.4, -0.2) is 204 Å². The van der Waals surface area contributed by atoms with Crippen LogP contribution < -0.4 is 0 Å². The molecule has 11 N–H and O–H groups in total. The van der Waals surface area contributed by atoms with E-state index < -0.39 is 156 Å². The maximum Gasteiger partial charge on any atom is 0.472 e. The van der Waals surface area contributed by atoms with Gasteiger partial charge in [-0.1, -0.05) is 303 Å². The van der Waals surface area contributed by atoms with Crippen molar-refractivity contribution in [1.29, 1.82) is 0 Å². The van der Waals surface area contributed by atoms with Crippen LogP contribution in [0.3, 0.4) is 0 Å². The minimum atomic E-state index is -5.70. The molecule has 1 saturated carbocycles. The highest BCUT2D eigenvalue weighted by molar-refractivity contribution is 7.47. The number of carbonyl (C=O) groups excluding carboxylic acids is 3. The van der Waals surface area contributed by atoms with E-state index in [1.807, 2.05) is 0 Å². The van der Waals surface area contributed by atoms with Gasteiger partial charge in [0, 0.05) is 19.3 Å². The number of aliphatic hydroxyl groups is 10. The zero-order valence-corrected chi connectivity index (χ0v) is 64.1. The van der Waals surface area contributed by atoms with E-state index in [9.17, 15) is 74.9 Å². The third-order valence-electron chi connectivity index (χ3n) is 20.4. The Morgan fingerprint density at radius 1 is 0.343 bits per heavy atom. The van der Waals surface area contributed by atoms with Gasteiger partial charge in [0.15, 0.2) is 18.7 Å². The van der Waals surface area contributed by atoms with Crippen molar-refractivity contribution < 1.29 is 117 Å². The van der Waals surface area contributed by atoms with Gasteiger partial charge < -0.3 is 89.1 Å². The summed E-state index contributed by atoms with van der Waals surface area (Å²) in [6.07, 6.45) is 18.5. The summed E-state index contributed by atoms with van der Waals surface area (Å²) in [5.41, 5.74) is 0. The van der Waals surface area contributed by atoms with Gasteiger partial charge >= 0.3 is 25.7 Å². The smallest absolute Gasteiger partial charge is 0.463 e. The number of aliphatic hydroxyl groups excluding tert-OH is 10. The second-order valence-electron chi connectivity index (χ2n) is 29.5. The second-order valence-corrected chi connectivity index (χ2v) is 30.9. The number of phosphoric ester groups is 1. The average molecular weight is 1490 g/mol. The van der Waals surface area contributed by atoms with E-state index in [0.29, 0.717) is 19.3 Å². The van der Waals surface area contributed by atoms with Gasteiger partial charge in [0.25, 0.3) is 0 Å². The molecule has 0 aromatic carbocycles. The quantitative estimate of drug-likeness (QED) is 0.0117. The Balaban J connectivity index is 1.70. The van der Waals surface area contributed by atoms with Crippen LogP contribution in [-0.2, 0) is 61.2 Å². The maximum atomic E-state index is 14.4. The maximum absolute atomic E-state index is 14.4. The van der Waals surface area contributed by atoms with Gasteiger partial charge in [0.05, 0.1) is 13.2 Å². The number of rotatable bonds is 65. The summed E-state index contributed by atoms with van der Waals surface area (Å²) in [6.45, 7) is 3.51. The van der Waals surface area contributed by atoms with Gasteiger partial charge in [-0.2, -0.15) is 0 Å². The summed E-state index contributed by atoms with van der Waals surface area (Å²) in [4.78, 5) is 51.2. The fourth-order valence-electron chi connectivity index (χ4n) is 13.8. The fraction of sp³-hybridized carbons (Fsp3) is 0.961. The largest absolute Gasteiger partial charge is 0.472 e. The number of hydrogen-bond acceptors (Lipinski definition) is 23. The molecule has 3 aliphatic rings. The summed E-state index contributed by atoms with van der Waals surface area (Å²) in [7, 11) is -5.70. The van der Waals surface area contributed by atoms with Gasteiger partial charge in [0.2, 0.25) is 0 Å². The first-order valence-corrected chi connectivity index (χ1v) is 42.3. The first kappa shape index (κ1) is 94.2. The molecule has 18 atom stereocenters. The molecule has 2 aliphatic heterocycles. The highest BCUT2D eigenvalue weighted by Crippen LogP contribution is 2.49. The Hall–Kier alpha value is -2.04. The number of esters is 3. The van der Waals surface area contributed by atoms with Crippen LogP contribution in [0.2, 0.25) is 0 Å². The van der Waals surface area contributed by atoms with Crippen molar-refractivity contribution in [3.05, 3.63) is 0 Å². The fourth-order valence-corrected chi connectivity index (χ4v) is 14.7. The molecule has 0 spiro atoms. The number of ether oxygens (including phenoxy) is 7. The molecule has 2 heterocycles. The summed E-state index contributed by atoms with van der Waals surface area (Å²) in [5.74, 6) is -1.97. The number of phosphoric acid groups is 1. The standard InChI is InChI=1S/C77H145O24P/c1-4-7-10-13-16-19-22-25-27-29-31-34-37-39-42-45-48-51-61(79)93-55-58(96-63(81)53-50-47-44-41-38-35-32-30-28-26-23-20-17-14-11-8-5-2)56-95-102(91,92)101-75-73(99-76-71(89)66(84)64(82)59(54-78)97-76)69(87)68(86)70(88)74(75)100-77-72(90)67(85)65(83)60(98-77)57-94-62(80)52-49-46-43-40-36-33-24-21-18-15-12-9-6-3/h58-60,64-78,82-90H,4-57H2,1-3H3,(H,91,92). The Morgan fingerprint density at radius 3 is 0.961 bits per heavy atom. The molecular formula is C77H145O24P. The van der Waals surface area contributed by atoms with E-state index in [4.69, 9.17) is 42.2 Å². The molecular weight excluding hydrogens is 1340 g/mol. The Labute approximate surface area is 612 Å². The Morgan fingerprint density at radius 2 is 0.627 bits per heavy atom. The second kappa shape index (κ2) is 58.9. The van der Waals surface area contributed by atoms with Crippen molar-refractivity contribution in [2.24, 2.45) is 0 Å². The molecule has 602 valence electrons. The summed E-state index contributed by atoms with van der Waals surface area (Å²) < 4.78 is 65.2. The van der Waals surface area contributed by atoms with Gasteiger partial charge in [-0.25, -0.2) is 4.57 Å². The van der Waals surface area contributed by atoms with Crippen LogP contribution in [0.1, 0.15) is 342 Å². The van der Waals surface area contributed by atoms with E-state index in [1.54, 1.807) is 0 Å². The van der Waals surface area contributed by atoms with Crippen molar-refractivity contribution in [3.63, 3.8) is 0 Å². The van der Waals surface area contributed by atoms with Gasteiger partial charge in [-0.3, -0.25) is 23.4 Å². The SMILES string of the molecule is CCCCCCCCCCCCCCCCCCCC(=O)OCC(COP(=O)(O)OC1C(OC2OC(CO)C(O)C(O)C2O)C(O)C(O)C(O)C1OC1OC(COC(=O)CCCCCCCCCCCCCCC)C(O)C(O)C1O)OC(=O)CCCCCCCCCCCCCCCCCCC.